The molecule has 0 radical (unpaired) electrons. The van der Waals surface area contributed by atoms with Crippen LogP contribution in [0.15, 0.2) is 53.3 Å². The highest BCUT2D eigenvalue weighted by molar-refractivity contribution is 7.20. The van der Waals surface area contributed by atoms with Gasteiger partial charge in [0.15, 0.2) is 11.5 Å². The van der Waals surface area contributed by atoms with Crippen LogP contribution in [-0.2, 0) is 11.3 Å². The Kier molecular flexibility index (Phi) is 7.08. The van der Waals surface area contributed by atoms with E-state index in [0.29, 0.717) is 44.6 Å². The van der Waals surface area contributed by atoms with Gasteiger partial charge in [-0.05, 0) is 48.7 Å². The fraction of sp³-hybridized carbons (Fsp3) is 0.192. The molecule has 7 nitrogen and oxygen atoms in total. The average Bonchev–Trinajstić information content (AvgIpc) is 3.19. The summed E-state index contributed by atoms with van der Waals surface area (Å²) in [6.07, 6.45) is 3.53. The minimum atomic E-state index is -0.443. The van der Waals surface area contributed by atoms with Gasteiger partial charge in [0, 0.05) is 0 Å². The summed E-state index contributed by atoms with van der Waals surface area (Å²) in [4.78, 5) is 33.0. The number of aromatic amines is 1. The molecule has 0 saturated carbocycles. The molecule has 174 valence electrons. The number of thiophene rings is 1. The lowest BCUT2D eigenvalue weighted by Gasteiger charge is -2.11. The number of esters is 1. The Balaban J connectivity index is 1.56. The fourth-order valence-electron chi connectivity index (χ4n) is 3.45. The largest absolute Gasteiger partial charge is 0.493 e. The number of H-pyrrole nitrogens is 1. The van der Waals surface area contributed by atoms with Gasteiger partial charge in [-0.1, -0.05) is 42.5 Å². The van der Waals surface area contributed by atoms with Gasteiger partial charge in [0.25, 0.3) is 5.56 Å². The number of nitrogens with one attached hydrogen (secondary N) is 1. The number of carbonyl (C=O) groups excluding carboxylic acids is 1. The third-order valence-corrected chi connectivity index (χ3v) is 6.30. The zero-order valence-corrected chi connectivity index (χ0v) is 19.9. The van der Waals surface area contributed by atoms with E-state index < -0.39 is 5.97 Å². The first kappa shape index (κ1) is 23.3. The zero-order chi connectivity index (χ0) is 24.1. The van der Waals surface area contributed by atoms with E-state index in [2.05, 4.69) is 9.97 Å². The number of aryl methyl sites for hydroxylation is 1. The van der Waals surface area contributed by atoms with Crippen LogP contribution in [0.25, 0.3) is 22.4 Å². The van der Waals surface area contributed by atoms with Gasteiger partial charge in [0.05, 0.1) is 19.1 Å². The molecule has 0 unspecified atom stereocenters. The van der Waals surface area contributed by atoms with Crippen LogP contribution in [0.5, 0.6) is 11.5 Å². The molecule has 2 aromatic heterocycles. The molecule has 2 heterocycles. The molecule has 0 fully saturated rings. The summed E-state index contributed by atoms with van der Waals surface area (Å²) in [5.41, 5.74) is 2.20. The number of fused-ring (bicyclic) bond motifs is 1. The van der Waals surface area contributed by atoms with Crippen molar-refractivity contribution in [2.24, 2.45) is 0 Å². The van der Waals surface area contributed by atoms with Gasteiger partial charge in [-0.25, -0.2) is 9.78 Å². The number of carbonyl (C=O) groups is 1. The second-order valence-electron chi connectivity index (χ2n) is 7.43. The first-order valence-electron chi connectivity index (χ1n) is 10.7. The van der Waals surface area contributed by atoms with Crippen LogP contribution in [0.3, 0.4) is 0 Å². The van der Waals surface area contributed by atoms with Crippen LogP contribution in [0, 0.1) is 6.92 Å². The molecular weight excluding hydrogens is 452 g/mol. The standard InChI is InChI=1S/C26H24N2O5S/c1-4-32-26(30)23-16(2)22-24(29)27-21(28-25(22)34-23)13-11-17-10-12-19(20(14-17)31-3)33-15-18-8-6-5-7-9-18/h5-14H,4,15H2,1-3H3,(H,27,28,29)/b13-11+. The van der Waals surface area contributed by atoms with Gasteiger partial charge >= 0.3 is 5.97 Å². The monoisotopic (exact) mass is 476 g/mol. The third-order valence-electron chi connectivity index (χ3n) is 5.14. The average molecular weight is 477 g/mol. The van der Waals surface area contributed by atoms with Crippen LogP contribution < -0.4 is 15.0 Å². The van der Waals surface area contributed by atoms with Gasteiger partial charge in [-0.2, -0.15) is 0 Å². The van der Waals surface area contributed by atoms with Gasteiger partial charge in [-0.3, -0.25) is 4.79 Å². The van der Waals surface area contributed by atoms with E-state index >= 15 is 0 Å². The molecule has 1 N–H and O–H groups in total. The smallest absolute Gasteiger partial charge is 0.348 e. The normalized spacial score (nSPS) is 11.1. The molecule has 0 bridgehead atoms. The fourth-order valence-corrected chi connectivity index (χ4v) is 4.53. The highest BCUT2D eigenvalue weighted by atomic mass is 32.1. The van der Waals surface area contributed by atoms with Gasteiger partial charge in [-0.15, -0.1) is 11.3 Å². The lowest BCUT2D eigenvalue weighted by atomic mass is 10.2. The molecule has 0 aliphatic heterocycles. The number of rotatable bonds is 8. The highest BCUT2D eigenvalue weighted by Gasteiger charge is 2.19. The molecule has 8 heteroatoms. The lowest BCUT2D eigenvalue weighted by molar-refractivity contribution is 0.0531. The van der Waals surface area contributed by atoms with Crippen LogP contribution in [-0.4, -0.2) is 29.7 Å². The summed E-state index contributed by atoms with van der Waals surface area (Å²) >= 11 is 1.16. The van der Waals surface area contributed by atoms with Crippen molar-refractivity contribution in [3.8, 4) is 11.5 Å². The summed E-state index contributed by atoms with van der Waals surface area (Å²) in [6.45, 7) is 4.17. The Morgan fingerprint density at radius 3 is 2.65 bits per heavy atom. The molecule has 4 aromatic rings. The Morgan fingerprint density at radius 2 is 1.91 bits per heavy atom. The number of nitrogens with zero attached hydrogens (tertiary/aromatic N) is 1. The van der Waals surface area contributed by atoms with Gasteiger partial charge < -0.3 is 19.2 Å². The molecule has 2 aromatic carbocycles. The van der Waals surface area contributed by atoms with Crippen molar-refractivity contribution < 1.29 is 19.0 Å². The molecule has 34 heavy (non-hydrogen) atoms. The van der Waals surface area contributed by atoms with Crippen LogP contribution in [0.4, 0.5) is 0 Å². The number of hydrogen-bond acceptors (Lipinski definition) is 7. The Bertz CT molecular complexity index is 1410. The van der Waals surface area contributed by atoms with E-state index in [0.717, 1.165) is 22.5 Å². The minimum absolute atomic E-state index is 0.268. The van der Waals surface area contributed by atoms with Gasteiger partial charge in [0.2, 0.25) is 0 Å². The van der Waals surface area contributed by atoms with Gasteiger partial charge in [0.1, 0.15) is 22.1 Å². The maximum atomic E-state index is 12.6. The predicted molar refractivity (Wildman–Crippen MR) is 134 cm³/mol. The van der Waals surface area contributed by atoms with Crippen molar-refractivity contribution in [1.29, 1.82) is 0 Å². The van der Waals surface area contributed by atoms with E-state index in [-0.39, 0.29) is 12.2 Å². The predicted octanol–water partition coefficient (Wildman–Crippen LogP) is 5.23. The van der Waals surface area contributed by atoms with Crippen molar-refractivity contribution in [3.63, 3.8) is 0 Å². The van der Waals surface area contributed by atoms with Crippen LogP contribution in [0.1, 0.15) is 39.1 Å². The number of ether oxygens (including phenoxy) is 3. The summed E-state index contributed by atoms with van der Waals surface area (Å²) < 4.78 is 16.5. The molecule has 0 aliphatic carbocycles. The van der Waals surface area contributed by atoms with Crippen molar-refractivity contribution in [2.75, 3.05) is 13.7 Å². The van der Waals surface area contributed by atoms with E-state index in [1.165, 1.54) is 0 Å². The molecular formula is C26H24N2O5S. The second kappa shape index (κ2) is 10.4. The van der Waals surface area contributed by atoms with Crippen molar-refractivity contribution in [3.05, 3.63) is 86.3 Å². The van der Waals surface area contributed by atoms with Crippen molar-refractivity contribution in [2.45, 2.75) is 20.5 Å². The topological polar surface area (TPSA) is 90.5 Å². The zero-order valence-electron chi connectivity index (χ0n) is 19.1. The number of benzene rings is 2. The summed E-state index contributed by atoms with van der Waals surface area (Å²) in [7, 11) is 1.59. The molecule has 0 atom stereocenters. The quantitative estimate of drug-likeness (QED) is 0.350. The number of aromatic nitrogens is 2. The van der Waals surface area contributed by atoms with E-state index in [1.807, 2.05) is 54.6 Å². The Labute approximate surface area is 200 Å². The second-order valence-corrected chi connectivity index (χ2v) is 8.42. The third kappa shape index (κ3) is 5.02. The molecule has 0 amide bonds. The van der Waals surface area contributed by atoms with E-state index in [1.54, 1.807) is 27.0 Å². The molecule has 0 spiro atoms. The van der Waals surface area contributed by atoms with E-state index in [9.17, 15) is 9.59 Å². The molecule has 0 aliphatic rings. The number of hydrogen-bond donors (Lipinski definition) is 1. The minimum Gasteiger partial charge on any atom is -0.493 e. The Hall–Kier alpha value is -3.91. The molecule has 4 rings (SSSR count). The summed E-state index contributed by atoms with van der Waals surface area (Å²) in [5.74, 6) is 1.18. The first-order valence-corrected chi connectivity index (χ1v) is 11.5. The van der Waals surface area contributed by atoms with Crippen molar-refractivity contribution >= 4 is 39.7 Å². The highest BCUT2D eigenvalue weighted by Crippen LogP contribution is 2.30. The summed E-state index contributed by atoms with van der Waals surface area (Å²) in [6, 6.07) is 15.5. The maximum absolute atomic E-state index is 12.6. The maximum Gasteiger partial charge on any atom is 0.348 e. The van der Waals surface area contributed by atoms with Crippen molar-refractivity contribution in [1.82, 2.24) is 9.97 Å². The van der Waals surface area contributed by atoms with Crippen LogP contribution in [0.2, 0.25) is 0 Å². The first-order chi connectivity index (χ1) is 16.5. The molecule has 0 saturated heterocycles. The number of methoxy groups -OCH3 is 1. The van der Waals surface area contributed by atoms with Crippen LogP contribution >= 0.6 is 11.3 Å². The Morgan fingerprint density at radius 1 is 1.12 bits per heavy atom. The SMILES string of the molecule is CCOC(=O)c1sc2nc(/C=C/c3ccc(OCc4ccccc4)c(OC)c3)[nH]c(=O)c2c1C. The van der Waals surface area contributed by atoms with E-state index in [4.69, 9.17) is 14.2 Å². The summed E-state index contributed by atoms with van der Waals surface area (Å²) in [5, 5.41) is 0.409. The lowest BCUT2D eigenvalue weighted by Crippen LogP contribution is -2.10.